The van der Waals surface area contributed by atoms with Crippen LogP contribution in [0.2, 0.25) is 0 Å². The lowest BCUT2D eigenvalue weighted by molar-refractivity contribution is 0.732. The summed E-state index contributed by atoms with van der Waals surface area (Å²) in [6, 6.07) is 0.669. The zero-order chi connectivity index (χ0) is 8.55. The third-order valence-electron chi connectivity index (χ3n) is 2.26. The summed E-state index contributed by atoms with van der Waals surface area (Å²) in [5.74, 6) is 0. The molecule has 0 aliphatic carbocycles. The largest absolute Gasteiger partial charge is 0.345 e. The van der Waals surface area contributed by atoms with Gasteiger partial charge in [0.15, 0.2) is 5.13 Å². The van der Waals surface area contributed by atoms with Gasteiger partial charge in [-0.2, -0.15) is 0 Å². The molecule has 0 spiro atoms. The Morgan fingerprint density at radius 3 is 3.08 bits per heavy atom. The number of aromatic nitrogens is 1. The van der Waals surface area contributed by atoms with E-state index in [0.29, 0.717) is 6.04 Å². The van der Waals surface area contributed by atoms with Gasteiger partial charge in [0.2, 0.25) is 0 Å². The molecule has 1 saturated heterocycles. The minimum atomic E-state index is 0.669. The third kappa shape index (κ3) is 1.50. The first kappa shape index (κ1) is 8.51. The molecule has 0 aromatic carbocycles. The lowest BCUT2D eigenvalue weighted by Gasteiger charge is -2.19. The summed E-state index contributed by atoms with van der Waals surface area (Å²) in [6.07, 6.45) is 2.61. The second-order valence-electron chi connectivity index (χ2n) is 3.14. The molecular weight excluding hydrogens is 236 g/mol. The van der Waals surface area contributed by atoms with Crippen molar-refractivity contribution in [2.24, 2.45) is 0 Å². The van der Waals surface area contributed by atoms with Gasteiger partial charge in [-0.25, -0.2) is 4.98 Å². The van der Waals surface area contributed by atoms with Crippen LogP contribution in [0.15, 0.2) is 9.98 Å². The molecule has 1 aliphatic rings. The van der Waals surface area contributed by atoms with Crippen LogP contribution in [-0.4, -0.2) is 17.6 Å². The molecule has 2 heterocycles. The smallest absolute Gasteiger partial charge is 0.186 e. The second kappa shape index (κ2) is 3.34. The van der Waals surface area contributed by atoms with E-state index in [1.165, 1.54) is 19.4 Å². The second-order valence-corrected chi connectivity index (χ2v) is 4.79. The van der Waals surface area contributed by atoms with Crippen molar-refractivity contribution in [1.29, 1.82) is 0 Å². The number of halogens is 1. The third-order valence-corrected chi connectivity index (χ3v) is 3.85. The maximum atomic E-state index is 4.40. The Hall–Kier alpha value is -0.0900. The molecule has 1 fully saturated rings. The lowest BCUT2D eigenvalue weighted by Crippen LogP contribution is -2.25. The van der Waals surface area contributed by atoms with E-state index in [1.807, 2.05) is 5.38 Å². The van der Waals surface area contributed by atoms with E-state index in [9.17, 15) is 0 Å². The summed E-state index contributed by atoms with van der Waals surface area (Å²) >= 11 is 5.09. The number of hydrogen-bond acceptors (Lipinski definition) is 3. The monoisotopic (exact) mass is 246 g/mol. The summed E-state index contributed by atoms with van der Waals surface area (Å²) in [7, 11) is 0. The highest BCUT2D eigenvalue weighted by Gasteiger charge is 2.22. The van der Waals surface area contributed by atoms with Crippen molar-refractivity contribution in [2.45, 2.75) is 25.8 Å². The highest BCUT2D eigenvalue weighted by molar-refractivity contribution is 9.10. The average Bonchev–Trinajstić information content (AvgIpc) is 2.58. The van der Waals surface area contributed by atoms with Crippen LogP contribution in [0.4, 0.5) is 5.13 Å². The maximum absolute atomic E-state index is 4.40. The van der Waals surface area contributed by atoms with Gasteiger partial charge in [-0.15, -0.1) is 11.3 Å². The Bertz CT molecular complexity index is 274. The van der Waals surface area contributed by atoms with E-state index in [0.717, 1.165) is 9.73 Å². The normalized spacial score (nSPS) is 23.5. The van der Waals surface area contributed by atoms with Crippen molar-refractivity contribution >= 4 is 32.4 Å². The molecule has 2 rings (SSSR count). The van der Waals surface area contributed by atoms with E-state index in [2.05, 4.69) is 32.7 Å². The molecule has 66 valence electrons. The SMILES string of the molecule is CC1CCCN1c1nc(Br)cs1. The maximum Gasteiger partial charge on any atom is 0.186 e. The van der Waals surface area contributed by atoms with Gasteiger partial charge < -0.3 is 4.90 Å². The lowest BCUT2D eigenvalue weighted by atomic mass is 10.2. The van der Waals surface area contributed by atoms with Crippen molar-refractivity contribution in [2.75, 3.05) is 11.4 Å². The first-order valence-electron chi connectivity index (χ1n) is 4.15. The van der Waals surface area contributed by atoms with Crippen LogP contribution in [0.5, 0.6) is 0 Å². The molecule has 0 radical (unpaired) electrons. The number of nitrogens with zero attached hydrogens (tertiary/aromatic N) is 2. The minimum absolute atomic E-state index is 0.669. The van der Waals surface area contributed by atoms with Crippen molar-refractivity contribution < 1.29 is 0 Å². The summed E-state index contributed by atoms with van der Waals surface area (Å²) in [5.41, 5.74) is 0. The van der Waals surface area contributed by atoms with Crippen LogP contribution >= 0.6 is 27.3 Å². The van der Waals surface area contributed by atoms with Crippen LogP contribution in [0.25, 0.3) is 0 Å². The Balaban J connectivity index is 2.19. The van der Waals surface area contributed by atoms with Gasteiger partial charge in [-0.05, 0) is 35.7 Å². The summed E-state index contributed by atoms with van der Waals surface area (Å²) < 4.78 is 0.960. The zero-order valence-corrected chi connectivity index (χ0v) is 9.36. The van der Waals surface area contributed by atoms with Gasteiger partial charge >= 0.3 is 0 Å². The van der Waals surface area contributed by atoms with E-state index in [4.69, 9.17) is 0 Å². The molecule has 0 bridgehead atoms. The van der Waals surface area contributed by atoms with Gasteiger partial charge in [0.25, 0.3) is 0 Å². The number of anilines is 1. The van der Waals surface area contributed by atoms with Crippen LogP contribution < -0.4 is 4.90 Å². The molecule has 1 aromatic heterocycles. The fourth-order valence-electron chi connectivity index (χ4n) is 1.59. The van der Waals surface area contributed by atoms with Crippen molar-refractivity contribution in [3.05, 3.63) is 9.98 Å². The molecule has 1 aliphatic heterocycles. The van der Waals surface area contributed by atoms with Gasteiger partial charge in [0, 0.05) is 18.0 Å². The number of rotatable bonds is 1. The van der Waals surface area contributed by atoms with E-state index in [-0.39, 0.29) is 0 Å². The summed E-state index contributed by atoms with van der Waals surface area (Å²) in [4.78, 5) is 6.79. The van der Waals surface area contributed by atoms with Gasteiger partial charge in [-0.1, -0.05) is 0 Å². The van der Waals surface area contributed by atoms with Gasteiger partial charge in [-0.3, -0.25) is 0 Å². The zero-order valence-electron chi connectivity index (χ0n) is 6.96. The van der Waals surface area contributed by atoms with Gasteiger partial charge in [0.05, 0.1) is 0 Å². The van der Waals surface area contributed by atoms with E-state index >= 15 is 0 Å². The molecule has 1 aromatic rings. The van der Waals surface area contributed by atoms with Crippen molar-refractivity contribution in [3.63, 3.8) is 0 Å². The fourth-order valence-corrected chi connectivity index (χ4v) is 2.97. The summed E-state index contributed by atoms with van der Waals surface area (Å²) in [6.45, 7) is 3.43. The quantitative estimate of drug-likeness (QED) is 0.758. The van der Waals surface area contributed by atoms with Crippen LogP contribution in [-0.2, 0) is 0 Å². The number of hydrogen-bond donors (Lipinski definition) is 0. The summed E-state index contributed by atoms with van der Waals surface area (Å²) in [5, 5.41) is 3.20. The molecule has 1 unspecified atom stereocenters. The Kier molecular flexibility index (Phi) is 2.37. The minimum Gasteiger partial charge on any atom is -0.345 e. The Morgan fingerprint density at radius 1 is 1.75 bits per heavy atom. The van der Waals surface area contributed by atoms with E-state index < -0.39 is 0 Å². The molecule has 4 heteroatoms. The van der Waals surface area contributed by atoms with Crippen molar-refractivity contribution in [1.82, 2.24) is 4.98 Å². The Morgan fingerprint density at radius 2 is 2.58 bits per heavy atom. The van der Waals surface area contributed by atoms with Gasteiger partial charge in [0.1, 0.15) is 4.60 Å². The van der Waals surface area contributed by atoms with Crippen LogP contribution in [0.1, 0.15) is 19.8 Å². The molecular formula is C8H11BrN2S. The molecule has 1 atom stereocenters. The molecule has 0 saturated carbocycles. The van der Waals surface area contributed by atoms with E-state index in [1.54, 1.807) is 11.3 Å². The first-order chi connectivity index (χ1) is 5.77. The fraction of sp³-hybridized carbons (Fsp3) is 0.625. The van der Waals surface area contributed by atoms with Crippen LogP contribution in [0, 0.1) is 0 Å². The predicted octanol–water partition coefficient (Wildman–Crippen LogP) is 2.89. The standard InChI is InChI=1S/C8H11BrN2S/c1-6-3-2-4-11(6)8-10-7(9)5-12-8/h5-6H,2-4H2,1H3. The highest BCUT2D eigenvalue weighted by atomic mass is 79.9. The molecule has 0 N–H and O–H groups in total. The molecule has 12 heavy (non-hydrogen) atoms. The number of thiazole rings is 1. The molecule has 0 amide bonds. The van der Waals surface area contributed by atoms with Crippen LogP contribution in [0.3, 0.4) is 0 Å². The topological polar surface area (TPSA) is 16.1 Å². The first-order valence-corrected chi connectivity index (χ1v) is 5.82. The van der Waals surface area contributed by atoms with Crippen molar-refractivity contribution in [3.8, 4) is 0 Å². The molecule has 2 nitrogen and oxygen atoms in total. The predicted molar refractivity (Wildman–Crippen MR) is 55.9 cm³/mol. The Labute approximate surface area is 84.7 Å². The average molecular weight is 247 g/mol. The highest BCUT2D eigenvalue weighted by Crippen LogP contribution is 2.29.